The number of hydrogen-bond donors (Lipinski definition) is 0. The van der Waals surface area contributed by atoms with Crippen molar-refractivity contribution in [3.05, 3.63) is 30.7 Å². The third-order valence-corrected chi connectivity index (χ3v) is 2.29. The molecule has 1 aliphatic heterocycles. The van der Waals surface area contributed by atoms with Crippen molar-refractivity contribution in [1.82, 2.24) is 0 Å². The molecule has 0 aromatic heterocycles. The minimum atomic E-state index is -0.105. The Bertz CT molecular complexity index is 213. The van der Waals surface area contributed by atoms with Gasteiger partial charge in [-0.2, -0.15) is 5.57 Å². The van der Waals surface area contributed by atoms with E-state index in [1.165, 1.54) is 5.57 Å². The number of rotatable bonds is 3. The van der Waals surface area contributed by atoms with Crippen LogP contribution in [0, 0.1) is 12.3 Å². The fourth-order valence-corrected chi connectivity index (χ4v) is 1.68. The molecule has 0 amide bonds. The minimum absolute atomic E-state index is 0. The summed E-state index contributed by atoms with van der Waals surface area (Å²) in [7, 11) is 0. The van der Waals surface area contributed by atoms with Gasteiger partial charge in [0.15, 0.2) is 0 Å². The Morgan fingerprint density at radius 2 is 2.62 bits per heavy atom. The van der Waals surface area contributed by atoms with Crippen LogP contribution in [0.25, 0.3) is 0 Å². The van der Waals surface area contributed by atoms with Gasteiger partial charge in [0.25, 0.3) is 0 Å². The largest absolute Gasteiger partial charge is 0.366 e. The first-order valence-electron chi connectivity index (χ1n) is 4.29. The van der Waals surface area contributed by atoms with Crippen LogP contribution in [0.4, 0.5) is 0 Å². The zero-order valence-electron chi connectivity index (χ0n) is 7.61. The van der Waals surface area contributed by atoms with Crippen LogP contribution in [-0.4, -0.2) is 19.5 Å². The van der Waals surface area contributed by atoms with Gasteiger partial charge in [0.05, 0.1) is 6.61 Å². The van der Waals surface area contributed by atoms with E-state index in [1.807, 2.05) is 0 Å². The van der Waals surface area contributed by atoms with Crippen molar-refractivity contribution in [1.29, 1.82) is 0 Å². The average Bonchev–Trinajstić information content (AvgIpc) is 2.62. The van der Waals surface area contributed by atoms with Gasteiger partial charge in [-0.1, -0.05) is 12.0 Å². The summed E-state index contributed by atoms with van der Waals surface area (Å²) >= 11 is 0. The molecule has 1 saturated heterocycles. The first kappa shape index (κ1) is 11.4. The fourth-order valence-electron chi connectivity index (χ4n) is 1.68. The van der Waals surface area contributed by atoms with Crippen molar-refractivity contribution in [2.75, 3.05) is 13.2 Å². The van der Waals surface area contributed by atoms with E-state index in [0.29, 0.717) is 12.5 Å². The van der Waals surface area contributed by atoms with E-state index < -0.39 is 0 Å². The van der Waals surface area contributed by atoms with Crippen LogP contribution in [0.5, 0.6) is 0 Å². The molecule has 13 heavy (non-hydrogen) atoms. The van der Waals surface area contributed by atoms with E-state index in [2.05, 4.69) is 19.1 Å². The van der Waals surface area contributed by atoms with Crippen LogP contribution in [0.1, 0.15) is 6.42 Å². The Hall–Kier alpha value is 0.374. The molecule has 1 aliphatic carbocycles. The molecule has 0 bridgehead atoms. The summed E-state index contributed by atoms with van der Waals surface area (Å²) in [6, 6.07) is 0. The van der Waals surface area contributed by atoms with E-state index in [0.717, 1.165) is 13.0 Å². The predicted molar refractivity (Wildman–Crippen MR) is 46.4 cm³/mol. The summed E-state index contributed by atoms with van der Waals surface area (Å²) in [4.78, 5) is 0. The van der Waals surface area contributed by atoms with E-state index in [-0.39, 0.29) is 39.0 Å². The second-order valence-electron chi connectivity index (χ2n) is 3.12. The zero-order valence-corrected chi connectivity index (χ0v) is 10.4. The second-order valence-corrected chi connectivity index (χ2v) is 3.12. The Balaban J connectivity index is 0.000000845. The summed E-state index contributed by atoms with van der Waals surface area (Å²) in [5, 5.41) is 0. The van der Waals surface area contributed by atoms with Crippen LogP contribution in [0.3, 0.4) is 0 Å². The van der Waals surface area contributed by atoms with E-state index in [9.17, 15) is 0 Å². The average molecular weight is 254 g/mol. The van der Waals surface area contributed by atoms with Crippen molar-refractivity contribution >= 4 is 0 Å². The molecule has 69 valence electrons. The maximum absolute atomic E-state index is 5.46. The number of ether oxygens (including phenoxy) is 2. The van der Waals surface area contributed by atoms with Crippen molar-refractivity contribution < 1.29 is 42.2 Å². The van der Waals surface area contributed by atoms with Gasteiger partial charge in [-0.15, -0.1) is 13.0 Å². The van der Waals surface area contributed by atoms with Gasteiger partial charge in [0.1, 0.15) is 6.29 Å². The topological polar surface area (TPSA) is 18.5 Å². The summed E-state index contributed by atoms with van der Waals surface area (Å²) in [5.41, 5.74) is 1.30. The Morgan fingerprint density at radius 3 is 3.38 bits per heavy atom. The van der Waals surface area contributed by atoms with E-state index in [1.54, 1.807) is 6.08 Å². The second kappa shape index (κ2) is 5.30. The first-order valence-corrected chi connectivity index (χ1v) is 4.29. The summed E-state index contributed by atoms with van der Waals surface area (Å²) in [5.74, 6) is 0.583. The van der Waals surface area contributed by atoms with Crippen LogP contribution >= 0.6 is 0 Å². The number of fused-ring (bicyclic) bond motifs is 1. The summed E-state index contributed by atoms with van der Waals surface area (Å²) < 4.78 is 10.9. The number of hydrogen-bond acceptors (Lipinski definition) is 2. The molecule has 2 unspecified atom stereocenters. The summed E-state index contributed by atoms with van der Waals surface area (Å²) in [6.07, 6.45) is 7.07. The van der Waals surface area contributed by atoms with Gasteiger partial charge < -0.3 is 9.47 Å². The van der Waals surface area contributed by atoms with Crippen LogP contribution in [0.2, 0.25) is 0 Å². The van der Waals surface area contributed by atoms with Crippen LogP contribution in [0.15, 0.2) is 24.3 Å². The van der Waals surface area contributed by atoms with Crippen LogP contribution in [-0.2, 0) is 42.2 Å². The molecule has 0 N–H and O–H groups in total. The smallest absolute Gasteiger partial charge is 0.114 e. The van der Waals surface area contributed by atoms with Gasteiger partial charge in [-0.3, -0.25) is 0 Å². The molecule has 3 heteroatoms. The van der Waals surface area contributed by atoms with Gasteiger partial charge in [0, 0.05) is 39.3 Å². The van der Waals surface area contributed by atoms with Gasteiger partial charge in [0.2, 0.25) is 0 Å². The third kappa shape index (κ3) is 2.44. The molecule has 0 aromatic carbocycles. The quantitative estimate of drug-likeness (QED) is 0.563. The predicted octanol–water partition coefficient (Wildman–Crippen LogP) is 1.69. The molecule has 2 atom stereocenters. The van der Waals surface area contributed by atoms with E-state index >= 15 is 0 Å². The van der Waals surface area contributed by atoms with E-state index in [4.69, 9.17) is 9.47 Å². The zero-order chi connectivity index (χ0) is 8.39. The molecule has 0 aromatic rings. The Morgan fingerprint density at radius 1 is 1.77 bits per heavy atom. The van der Waals surface area contributed by atoms with Crippen molar-refractivity contribution in [2.45, 2.75) is 12.7 Å². The molecular formula is C10H13O2Y-. The van der Waals surface area contributed by atoms with Gasteiger partial charge in [-0.25, -0.2) is 12.5 Å². The molecule has 1 radical (unpaired) electrons. The first-order chi connectivity index (χ1) is 5.92. The Labute approximate surface area is 104 Å². The number of allylic oxidation sites excluding steroid dienone is 1. The fraction of sp³-hybridized carbons (Fsp3) is 0.500. The van der Waals surface area contributed by atoms with Crippen molar-refractivity contribution in [3.8, 4) is 0 Å². The maximum Gasteiger partial charge on any atom is 0.114 e. The molecule has 2 aliphatic rings. The van der Waals surface area contributed by atoms with Crippen molar-refractivity contribution in [3.63, 3.8) is 0 Å². The maximum atomic E-state index is 5.46. The summed E-state index contributed by atoms with van der Waals surface area (Å²) in [6.45, 7) is 4.97. The van der Waals surface area contributed by atoms with Gasteiger partial charge >= 0.3 is 0 Å². The monoisotopic (exact) mass is 254 g/mol. The molecule has 1 heterocycles. The van der Waals surface area contributed by atoms with Crippen LogP contribution < -0.4 is 0 Å². The molecule has 0 saturated carbocycles. The SMILES string of the molecule is C=CCOC1OCC2C[CH-]C=C21.[Y]. The molecule has 1 fully saturated rings. The molecule has 0 spiro atoms. The molecule has 2 rings (SSSR count). The normalized spacial score (nSPS) is 30.0. The molecule has 2 nitrogen and oxygen atoms in total. The van der Waals surface area contributed by atoms with Crippen molar-refractivity contribution in [2.24, 2.45) is 5.92 Å². The Kier molecular flexibility index (Phi) is 4.67. The minimum Gasteiger partial charge on any atom is -0.366 e. The standard InChI is InChI=1S/C10H13O2.Y/c1-2-6-11-10-9-5-3-4-8(9)7-12-10;/h2-3,5,8,10H,1,4,6-7H2;/q-1;. The van der Waals surface area contributed by atoms with Gasteiger partial charge in [-0.05, 0) is 0 Å². The third-order valence-electron chi connectivity index (χ3n) is 2.29. The molecular weight excluding hydrogens is 241 g/mol.